The van der Waals surface area contributed by atoms with Crippen molar-refractivity contribution in [3.63, 3.8) is 0 Å². The number of anilines is 1. The maximum Gasteiger partial charge on any atom is 0.262 e. The van der Waals surface area contributed by atoms with Gasteiger partial charge in [0.1, 0.15) is 15.9 Å². The molecule has 1 aliphatic rings. The second-order valence-corrected chi connectivity index (χ2v) is 10.6. The molecule has 9 heteroatoms. The lowest BCUT2D eigenvalue weighted by Gasteiger charge is -2.25. The van der Waals surface area contributed by atoms with Crippen LogP contribution in [-0.2, 0) is 14.6 Å². The summed E-state index contributed by atoms with van der Waals surface area (Å²) in [6.45, 7) is 3.76. The molecular formula is C21H21BrN2O5S. The van der Waals surface area contributed by atoms with Crippen molar-refractivity contribution in [3.8, 4) is 0 Å². The fourth-order valence-corrected chi connectivity index (χ4v) is 4.50. The van der Waals surface area contributed by atoms with Gasteiger partial charge in [-0.3, -0.25) is 19.3 Å². The number of nitrogens with one attached hydrogen (secondary N) is 1. The van der Waals surface area contributed by atoms with E-state index < -0.39 is 33.6 Å². The summed E-state index contributed by atoms with van der Waals surface area (Å²) in [5.41, 5.74) is 2.75. The van der Waals surface area contributed by atoms with Crippen molar-refractivity contribution >= 4 is 49.2 Å². The zero-order chi connectivity index (χ0) is 22.2. The minimum absolute atomic E-state index is 0.179. The van der Waals surface area contributed by atoms with Crippen LogP contribution in [0.25, 0.3) is 0 Å². The van der Waals surface area contributed by atoms with Crippen molar-refractivity contribution in [2.75, 3.05) is 17.3 Å². The van der Waals surface area contributed by atoms with Gasteiger partial charge in [0.15, 0.2) is 0 Å². The molecule has 7 nitrogen and oxygen atoms in total. The lowest BCUT2D eigenvalue weighted by molar-refractivity contribution is -0.120. The Labute approximate surface area is 183 Å². The Hall–Kier alpha value is -2.52. The molecule has 3 rings (SSSR count). The number of hydrogen-bond acceptors (Lipinski definition) is 5. The fraction of sp³-hybridized carbons (Fsp3) is 0.286. The topological polar surface area (TPSA) is 101 Å². The van der Waals surface area contributed by atoms with E-state index in [1.807, 2.05) is 19.9 Å². The predicted octanol–water partition coefficient (Wildman–Crippen LogP) is 3.10. The van der Waals surface area contributed by atoms with Crippen molar-refractivity contribution in [1.29, 1.82) is 0 Å². The van der Waals surface area contributed by atoms with Crippen molar-refractivity contribution in [2.45, 2.75) is 26.3 Å². The van der Waals surface area contributed by atoms with Crippen LogP contribution in [0.15, 0.2) is 40.9 Å². The van der Waals surface area contributed by atoms with Crippen LogP contribution >= 0.6 is 15.9 Å². The monoisotopic (exact) mass is 492 g/mol. The molecule has 0 radical (unpaired) electrons. The standard InChI is InChI=1S/C21H21BrN2O5S/c1-12-8-13(2)10-15(9-12)23-19(25)18(6-7-30(3,28)29)24-20(26)16-5-4-14(22)11-17(16)21(24)27/h4-5,8-11,18H,6-7H2,1-3H3,(H,23,25). The molecule has 2 aromatic carbocycles. The quantitative estimate of drug-likeness (QED) is 0.624. The van der Waals surface area contributed by atoms with Gasteiger partial charge >= 0.3 is 0 Å². The smallest absolute Gasteiger partial charge is 0.262 e. The third kappa shape index (κ3) is 4.79. The molecule has 158 valence electrons. The minimum Gasteiger partial charge on any atom is -0.324 e. The second kappa shape index (κ2) is 8.31. The van der Waals surface area contributed by atoms with E-state index in [4.69, 9.17) is 0 Å². The van der Waals surface area contributed by atoms with E-state index in [1.165, 1.54) is 12.1 Å². The first-order chi connectivity index (χ1) is 14.0. The summed E-state index contributed by atoms with van der Waals surface area (Å²) in [6, 6.07) is 8.87. The van der Waals surface area contributed by atoms with E-state index in [0.29, 0.717) is 10.2 Å². The molecule has 0 spiro atoms. The molecule has 1 heterocycles. The molecule has 0 saturated carbocycles. The van der Waals surface area contributed by atoms with Gasteiger partial charge in [-0.1, -0.05) is 22.0 Å². The molecule has 0 fully saturated rings. The van der Waals surface area contributed by atoms with Gasteiger partial charge in [0.25, 0.3) is 11.8 Å². The Morgan fingerprint density at radius 1 is 1.03 bits per heavy atom. The summed E-state index contributed by atoms with van der Waals surface area (Å²) in [6.07, 6.45) is 0.855. The van der Waals surface area contributed by atoms with Gasteiger partial charge in [-0.25, -0.2) is 8.42 Å². The number of rotatable bonds is 6. The summed E-state index contributed by atoms with van der Waals surface area (Å²) in [7, 11) is -3.41. The number of carbonyl (C=O) groups excluding carboxylic acids is 3. The second-order valence-electron chi connectivity index (χ2n) is 7.47. The molecule has 0 bridgehead atoms. The van der Waals surface area contributed by atoms with E-state index in [0.717, 1.165) is 22.3 Å². The SMILES string of the molecule is Cc1cc(C)cc(NC(=O)C(CCS(C)(=O)=O)N2C(=O)c3ccc(Br)cc3C2=O)c1. The molecule has 0 saturated heterocycles. The highest BCUT2D eigenvalue weighted by Gasteiger charge is 2.43. The summed E-state index contributed by atoms with van der Waals surface area (Å²) < 4.78 is 24.1. The van der Waals surface area contributed by atoms with E-state index in [2.05, 4.69) is 21.2 Å². The Balaban J connectivity index is 1.95. The van der Waals surface area contributed by atoms with Crippen molar-refractivity contribution in [1.82, 2.24) is 4.90 Å². The van der Waals surface area contributed by atoms with Crippen LogP contribution in [-0.4, -0.2) is 49.1 Å². The number of aryl methyl sites for hydroxylation is 2. The highest BCUT2D eigenvalue weighted by atomic mass is 79.9. The highest BCUT2D eigenvalue weighted by molar-refractivity contribution is 9.10. The number of imide groups is 1. The van der Waals surface area contributed by atoms with Crippen molar-refractivity contribution < 1.29 is 22.8 Å². The van der Waals surface area contributed by atoms with Crippen LogP contribution in [0.5, 0.6) is 0 Å². The van der Waals surface area contributed by atoms with Crippen LogP contribution in [0.2, 0.25) is 0 Å². The normalized spacial score (nSPS) is 14.6. The minimum atomic E-state index is -3.41. The van der Waals surface area contributed by atoms with Crippen LogP contribution in [0, 0.1) is 13.8 Å². The average molecular weight is 493 g/mol. The zero-order valence-electron chi connectivity index (χ0n) is 16.7. The molecule has 1 aliphatic heterocycles. The lowest BCUT2D eigenvalue weighted by Crippen LogP contribution is -2.48. The van der Waals surface area contributed by atoms with Gasteiger partial charge in [0, 0.05) is 16.4 Å². The first kappa shape index (κ1) is 22.2. The summed E-state index contributed by atoms with van der Waals surface area (Å²) in [4.78, 5) is 39.8. The number of amides is 3. The van der Waals surface area contributed by atoms with Gasteiger partial charge in [-0.2, -0.15) is 0 Å². The number of halogens is 1. The highest BCUT2D eigenvalue weighted by Crippen LogP contribution is 2.29. The summed E-state index contributed by atoms with van der Waals surface area (Å²) in [5, 5.41) is 2.73. The van der Waals surface area contributed by atoms with Crippen LogP contribution in [0.4, 0.5) is 5.69 Å². The van der Waals surface area contributed by atoms with Crippen LogP contribution in [0.3, 0.4) is 0 Å². The third-order valence-corrected chi connectivity index (χ3v) is 6.22. The Morgan fingerprint density at radius 3 is 2.23 bits per heavy atom. The average Bonchev–Trinajstić information content (AvgIpc) is 2.84. The van der Waals surface area contributed by atoms with Gasteiger partial charge in [0.2, 0.25) is 5.91 Å². The molecule has 30 heavy (non-hydrogen) atoms. The molecule has 2 aromatic rings. The molecule has 1 N–H and O–H groups in total. The Morgan fingerprint density at radius 2 is 1.63 bits per heavy atom. The van der Waals surface area contributed by atoms with Crippen molar-refractivity contribution in [3.05, 3.63) is 63.1 Å². The Bertz CT molecular complexity index is 1140. The molecule has 3 amide bonds. The van der Waals surface area contributed by atoms with E-state index in [1.54, 1.807) is 18.2 Å². The van der Waals surface area contributed by atoms with Crippen molar-refractivity contribution in [2.24, 2.45) is 0 Å². The molecule has 1 unspecified atom stereocenters. The number of sulfone groups is 1. The molecule has 0 aromatic heterocycles. The number of carbonyl (C=O) groups is 3. The molecular weight excluding hydrogens is 472 g/mol. The number of fused-ring (bicyclic) bond motifs is 1. The summed E-state index contributed by atoms with van der Waals surface area (Å²) >= 11 is 3.27. The Kier molecular flexibility index (Phi) is 6.14. The largest absolute Gasteiger partial charge is 0.324 e. The maximum absolute atomic E-state index is 13.1. The zero-order valence-corrected chi connectivity index (χ0v) is 19.1. The van der Waals surface area contributed by atoms with E-state index >= 15 is 0 Å². The first-order valence-electron chi connectivity index (χ1n) is 9.20. The van der Waals surface area contributed by atoms with Gasteiger partial charge < -0.3 is 5.32 Å². The molecule has 1 atom stereocenters. The van der Waals surface area contributed by atoms with Gasteiger partial charge in [-0.15, -0.1) is 0 Å². The van der Waals surface area contributed by atoms with Crippen LogP contribution < -0.4 is 5.32 Å². The lowest BCUT2D eigenvalue weighted by atomic mass is 10.1. The van der Waals surface area contributed by atoms with E-state index in [-0.39, 0.29) is 23.3 Å². The number of hydrogen-bond donors (Lipinski definition) is 1. The maximum atomic E-state index is 13.1. The van der Waals surface area contributed by atoms with E-state index in [9.17, 15) is 22.8 Å². The predicted molar refractivity (Wildman–Crippen MR) is 117 cm³/mol. The van der Waals surface area contributed by atoms with Gasteiger partial charge in [-0.05, 0) is 61.7 Å². The van der Waals surface area contributed by atoms with Crippen LogP contribution in [0.1, 0.15) is 38.3 Å². The third-order valence-electron chi connectivity index (χ3n) is 4.75. The fourth-order valence-electron chi connectivity index (χ4n) is 3.49. The number of nitrogens with zero attached hydrogens (tertiary/aromatic N) is 1. The first-order valence-corrected chi connectivity index (χ1v) is 12.1. The molecule has 0 aliphatic carbocycles. The van der Waals surface area contributed by atoms with Gasteiger partial charge in [0.05, 0.1) is 16.9 Å². The number of benzene rings is 2. The summed E-state index contributed by atoms with van der Waals surface area (Å²) in [5.74, 6) is -2.19.